The third-order valence-corrected chi connectivity index (χ3v) is 5.49. The summed E-state index contributed by atoms with van der Waals surface area (Å²) >= 11 is 0. The summed E-state index contributed by atoms with van der Waals surface area (Å²) in [5.74, 6) is 0.453. The SMILES string of the molecule is CCNCc1ccc(CS(=O)(=O)N(C)CC(C)CC)cc1. The van der Waals surface area contributed by atoms with E-state index in [4.69, 9.17) is 0 Å². The van der Waals surface area contributed by atoms with E-state index in [0.717, 1.165) is 25.1 Å². The predicted molar refractivity (Wildman–Crippen MR) is 88.5 cm³/mol. The molecule has 1 unspecified atom stereocenters. The second-order valence-electron chi connectivity index (χ2n) is 5.65. The fraction of sp³-hybridized carbons (Fsp3) is 0.625. The molecule has 1 rings (SSSR count). The van der Waals surface area contributed by atoms with Gasteiger partial charge in [-0.3, -0.25) is 0 Å². The first kappa shape index (κ1) is 18.1. The number of nitrogens with zero attached hydrogens (tertiary/aromatic N) is 1. The van der Waals surface area contributed by atoms with Gasteiger partial charge in [0, 0.05) is 20.1 Å². The Morgan fingerprint density at radius 2 is 1.71 bits per heavy atom. The molecule has 0 aliphatic carbocycles. The minimum absolute atomic E-state index is 0.0709. The van der Waals surface area contributed by atoms with Crippen LogP contribution in [0.1, 0.15) is 38.3 Å². The van der Waals surface area contributed by atoms with Crippen LogP contribution >= 0.6 is 0 Å². The monoisotopic (exact) mass is 312 g/mol. The molecule has 5 heteroatoms. The highest BCUT2D eigenvalue weighted by molar-refractivity contribution is 7.88. The zero-order valence-electron chi connectivity index (χ0n) is 13.6. The molecule has 1 atom stereocenters. The number of hydrogen-bond acceptors (Lipinski definition) is 3. The molecule has 0 aliphatic rings. The number of nitrogens with one attached hydrogen (secondary N) is 1. The van der Waals surface area contributed by atoms with Crippen LogP contribution in [0.25, 0.3) is 0 Å². The quantitative estimate of drug-likeness (QED) is 0.762. The standard InChI is InChI=1S/C16H28N2O2S/c1-5-14(3)12-18(4)21(19,20)13-16-9-7-15(8-10-16)11-17-6-2/h7-10,14,17H,5-6,11-13H2,1-4H3. The molecule has 1 N–H and O–H groups in total. The second-order valence-corrected chi connectivity index (χ2v) is 7.72. The van der Waals surface area contributed by atoms with Gasteiger partial charge in [-0.2, -0.15) is 0 Å². The Hall–Kier alpha value is -0.910. The van der Waals surface area contributed by atoms with Crippen LogP contribution in [0.4, 0.5) is 0 Å². The molecule has 0 aliphatic heterocycles. The fourth-order valence-corrected chi connectivity index (χ4v) is 3.34. The molecule has 0 spiro atoms. The molecule has 0 amide bonds. The molecular formula is C16H28N2O2S. The van der Waals surface area contributed by atoms with Gasteiger partial charge in [0.05, 0.1) is 5.75 Å². The normalized spacial score (nSPS) is 13.6. The molecule has 0 heterocycles. The van der Waals surface area contributed by atoms with Gasteiger partial charge in [0.1, 0.15) is 0 Å². The van der Waals surface area contributed by atoms with Gasteiger partial charge >= 0.3 is 0 Å². The summed E-state index contributed by atoms with van der Waals surface area (Å²) in [4.78, 5) is 0. The molecule has 0 radical (unpaired) electrons. The van der Waals surface area contributed by atoms with E-state index in [1.807, 2.05) is 24.3 Å². The van der Waals surface area contributed by atoms with Crippen molar-refractivity contribution >= 4 is 10.0 Å². The minimum Gasteiger partial charge on any atom is -0.313 e. The maximum absolute atomic E-state index is 12.3. The van der Waals surface area contributed by atoms with Crippen LogP contribution in [0.15, 0.2) is 24.3 Å². The molecule has 0 bridgehead atoms. The zero-order chi connectivity index (χ0) is 15.9. The topological polar surface area (TPSA) is 49.4 Å². The summed E-state index contributed by atoms with van der Waals surface area (Å²) in [6, 6.07) is 7.78. The van der Waals surface area contributed by atoms with Crippen LogP contribution in [-0.4, -0.2) is 32.9 Å². The van der Waals surface area contributed by atoms with Crippen molar-refractivity contribution in [3.63, 3.8) is 0 Å². The van der Waals surface area contributed by atoms with E-state index in [0.29, 0.717) is 12.5 Å². The highest BCUT2D eigenvalue weighted by atomic mass is 32.2. The van der Waals surface area contributed by atoms with E-state index < -0.39 is 10.0 Å². The van der Waals surface area contributed by atoms with E-state index in [2.05, 4.69) is 26.1 Å². The molecule has 0 fully saturated rings. The zero-order valence-corrected chi connectivity index (χ0v) is 14.4. The number of hydrogen-bond donors (Lipinski definition) is 1. The lowest BCUT2D eigenvalue weighted by Crippen LogP contribution is -2.32. The lowest BCUT2D eigenvalue weighted by atomic mass is 10.1. The van der Waals surface area contributed by atoms with E-state index >= 15 is 0 Å². The Bertz CT molecular complexity index is 512. The van der Waals surface area contributed by atoms with Gasteiger partial charge in [-0.15, -0.1) is 0 Å². The Morgan fingerprint density at radius 3 is 2.24 bits per heavy atom. The van der Waals surface area contributed by atoms with E-state index in [9.17, 15) is 8.42 Å². The van der Waals surface area contributed by atoms with Gasteiger partial charge in [0.25, 0.3) is 0 Å². The first-order valence-corrected chi connectivity index (χ1v) is 9.22. The number of rotatable bonds is 9. The highest BCUT2D eigenvalue weighted by Gasteiger charge is 2.19. The molecule has 0 saturated carbocycles. The summed E-state index contributed by atoms with van der Waals surface area (Å²) < 4.78 is 26.1. The van der Waals surface area contributed by atoms with Crippen LogP contribution in [0, 0.1) is 5.92 Å². The molecule has 120 valence electrons. The Morgan fingerprint density at radius 1 is 1.14 bits per heavy atom. The van der Waals surface area contributed by atoms with E-state index in [-0.39, 0.29) is 5.75 Å². The summed E-state index contributed by atoms with van der Waals surface area (Å²) in [5.41, 5.74) is 2.01. The Labute approximate surface area is 129 Å². The van der Waals surface area contributed by atoms with E-state index in [1.54, 1.807) is 7.05 Å². The van der Waals surface area contributed by atoms with E-state index in [1.165, 1.54) is 9.87 Å². The molecule has 4 nitrogen and oxygen atoms in total. The molecule has 1 aromatic carbocycles. The van der Waals surface area contributed by atoms with Crippen molar-refractivity contribution in [3.8, 4) is 0 Å². The molecule has 1 aromatic rings. The minimum atomic E-state index is -3.23. The summed E-state index contributed by atoms with van der Waals surface area (Å²) in [7, 11) is -1.56. The summed E-state index contributed by atoms with van der Waals surface area (Å²) in [6.07, 6.45) is 0.985. The highest BCUT2D eigenvalue weighted by Crippen LogP contribution is 2.13. The van der Waals surface area contributed by atoms with Gasteiger partial charge in [-0.1, -0.05) is 51.5 Å². The van der Waals surface area contributed by atoms with Gasteiger partial charge in [0.15, 0.2) is 0 Å². The van der Waals surface area contributed by atoms with Crippen molar-refractivity contribution in [3.05, 3.63) is 35.4 Å². The van der Waals surface area contributed by atoms with Crippen LogP contribution in [0.2, 0.25) is 0 Å². The fourth-order valence-electron chi connectivity index (χ4n) is 2.03. The smallest absolute Gasteiger partial charge is 0.218 e. The Kier molecular flexibility index (Phi) is 7.35. The van der Waals surface area contributed by atoms with Crippen molar-refractivity contribution in [2.45, 2.75) is 39.5 Å². The summed E-state index contributed by atoms with van der Waals surface area (Å²) in [6.45, 7) is 8.54. The maximum Gasteiger partial charge on any atom is 0.218 e. The Balaban J connectivity index is 2.66. The van der Waals surface area contributed by atoms with Gasteiger partial charge in [-0.25, -0.2) is 12.7 Å². The van der Waals surface area contributed by atoms with Crippen molar-refractivity contribution in [1.29, 1.82) is 0 Å². The first-order chi connectivity index (χ1) is 9.89. The number of sulfonamides is 1. The third-order valence-electron chi connectivity index (χ3n) is 3.69. The lowest BCUT2D eigenvalue weighted by molar-refractivity contribution is 0.393. The van der Waals surface area contributed by atoms with Crippen molar-refractivity contribution in [1.82, 2.24) is 9.62 Å². The average molecular weight is 312 g/mol. The van der Waals surface area contributed by atoms with Crippen LogP contribution in [0.3, 0.4) is 0 Å². The first-order valence-electron chi connectivity index (χ1n) is 7.61. The average Bonchev–Trinajstić information content (AvgIpc) is 2.46. The second kappa shape index (κ2) is 8.51. The predicted octanol–water partition coefficient (Wildman–Crippen LogP) is 2.60. The van der Waals surface area contributed by atoms with Crippen molar-refractivity contribution in [2.75, 3.05) is 20.1 Å². The van der Waals surface area contributed by atoms with Crippen LogP contribution < -0.4 is 5.32 Å². The molecule has 0 saturated heterocycles. The van der Waals surface area contributed by atoms with Crippen molar-refractivity contribution in [2.24, 2.45) is 5.92 Å². The summed E-state index contributed by atoms with van der Waals surface area (Å²) in [5, 5.41) is 3.25. The van der Waals surface area contributed by atoms with Gasteiger partial charge in [0.2, 0.25) is 10.0 Å². The number of benzene rings is 1. The van der Waals surface area contributed by atoms with Gasteiger partial charge < -0.3 is 5.32 Å². The maximum atomic E-state index is 12.3. The van der Waals surface area contributed by atoms with Crippen LogP contribution in [-0.2, 0) is 22.3 Å². The molecule has 0 aromatic heterocycles. The van der Waals surface area contributed by atoms with Gasteiger partial charge in [-0.05, 0) is 23.6 Å². The molecular weight excluding hydrogens is 284 g/mol. The van der Waals surface area contributed by atoms with Crippen molar-refractivity contribution < 1.29 is 8.42 Å². The lowest BCUT2D eigenvalue weighted by Gasteiger charge is -2.20. The van der Waals surface area contributed by atoms with Crippen LogP contribution in [0.5, 0.6) is 0 Å². The largest absolute Gasteiger partial charge is 0.313 e. The third kappa shape index (κ3) is 6.16. The molecule has 21 heavy (non-hydrogen) atoms.